The molecule has 6 nitrogen and oxygen atoms in total. The molecule has 28 heavy (non-hydrogen) atoms. The van der Waals surface area contributed by atoms with E-state index in [4.69, 9.17) is 0 Å². The Morgan fingerprint density at radius 2 is 1.86 bits per heavy atom. The first-order chi connectivity index (χ1) is 13.8. The molecule has 0 spiro atoms. The van der Waals surface area contributed by atoms with Gasteiger partial charge in [0.15, 0.2) is 0 Å². The van der Waals surface area contributed by atoms with E-state index < -0.39 is 0 Å². The zero-order valence-electron chi connectivity index (χ0n) is 15.8. The molecule has 0 amide bonds. The molecule has 0 atom stereocenters. The van der Waals surface area contributed by atoms with E-state index in [-0.39, 0.29) is 0 Å². The Balaban J connectivity index is 1.61. The third kappa shape index (κ3) is 3.62. The Labute approximate surface area is 164 Å². The number of imidazole rings is 1. The molecule has 2 heterocycles. The van der Waals surface area contributed by atoms with Gasteiger partial charge in [0.05, 0.1) is 5.69 Å². The first-order valence-electron chi connectivity index (χ1n) is 9.39. The van der Waals surface area contributed by atoms with E-state index in [0.29, 0.717) is 5.82 Å². The van der Waals surface area contributed by atoms with Crippen molar-refractivity contribution in [2.75, 3.05) is 0 Å². The van der Waals surface area contributed by atoms with Gasteiger partial charge in [-0.05, 0) is 34.4 Å². The summed E-state index contributed by atoms with van der Waals surface area (Å²) in [6.45, 7) is 6.80. The number of aryl methyl sites for hydroxylation is 1. The minimum atomic E-state index is 0.597. The molecule has 0 aliphatic carbocycles. The van der Waals surface area contributed by atoms with Gasteiger partial charge in [-0.25, -0.2) is 4.98 Å². The second-order valence-corrected chi connectivity index (χ2v) is 6.64. The number of H-pyrrole nitrogens is 1. The lowest BCUT2D eigenvalue weighted by Crippen LogP contribution is -2.04. The molecule has 4 aromatic rings. The van der Waals surface area contributed by atoms with Crippen molar-refractivity contribution >= 4 is 6.08 Å². The molecule has 0 unspecified atom stereocenters. The van der Waals surface area contributed by atoms with Crippen molar-refractivity contribution in [3.05, 3.63) is 78.4 Å². The summed E-state index contributed by atoms with van der Waals surface area (Å²) < 4.78 is 2.21. The molecule has 6 heteroatoms. The van der Waals surface area contributed by atoms with Gasteiger partial charge in [0.2, 0.25) is 5.82 Å². The van der Waals surface area contributed by atoms with Crippen LogP contribution in [0, 0.1) is 0 Å². The maximum Gasteiger partial charge on any atom is 0.205 e. The van der Waals surface area contributed by atoms with Crippen LogP contribution in [0.25, 0.3) is 28.6 Å². The third-order valence-electron chi connectivity index (χ3n) is 4.69. The average molecular weight is 370 g/mol. The maximum atomic E-state index is 4.64. The molecule has 4 rings (SSSR count). The van der Waals surface area contributed by atoms with Crippen molar-refractivity contribution in [2.24, 2.45) is 0 Å². The SMILES string of the molecule is C=Cc1cn(Cc2ccc(-c3ccccc3-c3nn[nH]n3)cc2)c(CCC)n1. The van der Waals surface area contributed by atoms with Crippen LogP contribution >= 0.6 is 0 Å². The fourth-order valence-electron chi connectivity index (χ4n) is 3.33. The van der Waals surface area contributed by atoms with Crippen molar-refractivity contribution < 1.29 is 0 Å². The number of tetrazole rings is 1. The minimum absolute atomic E-state index is 0.597. The minimum Gasteiger partial charge on any atom is -0.330 e. The van der Waals surface area contributed by atoms with Gasteiger partial charge < -0.3 is 4.57 Å². The summed E-state index contributed by atoms with van der Waals surface area (Å²) in [6, 6.07) is 16.7. The number of benzene rings is 2. The standard InChI is InChI=1S/C22H22N6/c1-3-7-21-23-18(4-2)15-28(21)14-16-10-12-17(13-11-16)19-8-5-6-9-20(19)22-24-26-27-25-22/h4-6,8-13,15H,2-3,7,14H2,1H3,(H,24,25,26,27). The molecule has 0 aliphatic rings. The second-order valence-electron chi connectivity index (χ2n) is 6.64. The van der Waals surface area contributed by atoms with Crippen LogP contribution in [0.3, 0.4) is 0 Å². The lowest BCUT2D eigenvalue weighted by molar-refractivity contribution is 0.705. The van der Waals surface area contributed by atoms with Crippen LogP contribution in [0.5, 0.6) is 0 Å². The monoisotopic (exact) mass is 370 g/mol. The molecule has 2 aromatic heterocycles. The summed E-state index contributed by atoms with van der Waals surface area (Å²) in [6.07, 6.45) is 5.90. The molecule has 0 fully saturated rings. The average Bonchev–Trinajstić information content (AvgIpc) is 3.39. The van der Waals surface area contributed by atoms with Crippen LogP contribution in [0.1, 0.15) is 30.4 Å². The van der Waals surface area contributed by atoms with Gasteiger partial charge in [-0.15, -0.1) is 10.2 Å². The zero-order valence-corrected chi connectivity index (χ0v) is 15.8. The first-order valence-corrected chi connectivity index (χ1v) is 9.39. The molecule has 0 saturated heterocycles. The number of aromatic nitrogens is 6. The van der Waals surface area contributed by atoms with Crippen LogP contribution < -0.4 is 0 Å². The highest BCUT2D eigenvalue weighted by molar-refractivity contribution is 5.80. The smallest absolute Gasteiger partial charge is 0.205 e. The molecule has 0 saturated carbocycles. The summed E-state index contributed by atoms with van der Waals surface area (Å²) in [5, 5.41) is 14.4. The van der Waals surface area contributed by atoms with E-state index in [2.05, 4.69) is 80.2 Å². The molecule has 2 aromatic carbocycles. The van der Waals surface area contributed by atoms with Crippen LogP contribution in [-0.4, -0.2) is 30.2 Å². The van der Waals surface area contributed by atoms with Crippen LogP contribution in [-0.2, 0) is 13.0 Å². The largest absolute Gasteiger partial charge is 0.330 e. The highest BCUT2D eigenvalue weighted by Crippen LogP contribution is 2.29. The highest BCUT2D eigenvalue weighted by atomic mass is 15.5. The number of hydrogen-bond acceptors (Lipinski definition) is 4. The number of rotatable bonds is 7. The lowest BCUT2D eigenvalue weighted by atomic mass is 9.98. The van der Waals surface area contributed by atoms with Gasteiger partial charge in [-0.3, -0.25) is 0 Å². The predicted octanol–water partition coefficient (Wildman–Crippen LogP) is 4.37. The van der Waals surface area contributed by atoms with E-state index in [1.165, 1.54) is 5.56 Å². The topological polar surface area (TPSA) is 72.3 Å². The van der Waals surface area contributed by atoms with Gasteiger partial charge >= 0.3 is 0 Å². The molecule has 1 N–H and O–H groups in total. The normalized spacial score (nSPS) is 10.9. The number of hydrogen-bond donors (Lipinski definition) is 1. The van der Waals surface area contributed by atoms with Gasteiger partial charge in [0.1, 0.15) is 5.82 Å². The summed E-state index contributed by atoms with van der Waals surface area (Å²) in [5.74, 6) is 1.70. The van der Waals surface area contributed by atoms with E-state index in [0.717, 1.165) is 47.6 Å². The Kier molecular flexibility index (Phi) is 5.10. The van der Waals surface area contributed by atoms with E-state index >= 15 is 0 Å². The summed E-state index contributed by atoms with van der Waals surface area (Å²) >= 11 is 0. The Morgan fingerprint density at radius 3 is 2.54 bits per heavy atom. The van der Waals surface area contributed by atoms with Crippen molar-refractivity contribution in [3.8, 4) is 22.5 Å². The molecule has 0 bridgehead atoms. The molecule has 0 radical (unpaired) electrons. The van der Waals surface area contributed by atoms with Gasteiger partial charge in [-0.1, -0.05) is 62.0 Å². The molecular weight excluding hydrogens is 348 g/mol. The summed E-state index contributed by atoms with van der Waals surface area (Å²) in [7, 11) is 0. The van der Waals surface area contributed by atoms with E-state index in [1.54, 1.807) is 6.08 Å². The quantitative estimate of drug-likeness (QED) is 0.524. The molecule has 0 aliphatic heterocycles. The number of nitrogens with one attached hydrogen (secondary N) is 1. The first kappa shape index (κ1) is 17.9. The number of nitrogens with zero attached hydrogens (tertiary/aromatic N) is 5. The Morgan fingerprint density at radius 1 is 1.07 bits per heavy atom. The maximum absolute atomic E-state index is 4.64. The molecule has 140 valence electrons. The Hall–Kier alpha value is -3.54. The van der Waals surface area contributed by atoms with Gasteiger partial charge in [0.25, 0.3) is 0 Å². The van der Waals surface area contributed by atoms with Crippen molar-refractivity contribution in [2.45, 2.75) is 26.3 Å². The number of aromatic amines is 1. The fraction of sp³-hybridized carbons (Fsp3) is 0.182. The predicted molar refractivity (Wildman–Crippen MR) is 110 cm³/mol. The van der Waals surface area contributed by atoms with Crippen molar-refractivity contribution in [3.63, 3.8) is 0 Å². The lowest BCUT2D eigenvalue weighted by Gasteiger charge is -2.10. The third-order valence-corrected chi connectivity index (χ3v) is 4.69. The van der Waals surface area contributed by atoms with E-state index in [1.807, 2.05) is 18.2 Å². The van der Waals surface area contributed by atoms with E-state index in [9.17, 15) is 0 Å². The zero-order chi connectivity index (χ0) is 19.3. The van der Waals surface area contributed by atoms with Crippen molar-refractivity contribution in [1.82, 2.24) is 30.2 Å². The van der Waals surface area contributed by atoms with Crippen molar-refractivity contribution in [1.29, 1.82) is 0 Å². The highest BCUT2D eigenvalue weighted by Gasteiger charge is 2.11. The van der Waals surface area contributed by atoms with Crippen LogP contribution in [0.2, 0.25) is 0 Å². The summed E-state index contributed by atoms with van der Waals surface area (Å²) in [4.78, 5) is 4.64. The fourth-order valence-corrected chi connectivity index (χ4v) is 3.33. The van der Waals surface area contributed by atoms with Crippen LogP contribution in [0.4, 0.5) is 0 Å². The molecular formula is C22H22N6. The summed E-state index contributed by atoms with van der Waals surface area (Å²) in [5.41, 5.74) is 5.31. The van der Waals surface area contributed by atoms with Crippen LogP contribution in [0.15, 0.2) is 61.3 Å². The second kappa shape index (κ2) is 8.00. The van der Waals surface area contributed by atoms with Gasteiger partial charge in [-0.2, -0.15) is 5.21 Å². The van der Waals surface area contributed by atoms with Gasteiger partial charge in [0, 0.05) is 24.7 Å². The Bertz CT molecular complexity index is 1060.